The van der Waals surface area contributed by atoms with Crippen molar-refractivity contribution >= 4 is 72.1 Å². The predicted octanol–water partition coefficient (Wildman–Crippen LogP) is 4.83. The molecule has 1 fully saturated rings. The van der Waals surface area contributed by atoms with Crippen molar-refractivity contribution in [1.82, 2.24) is 4.90 Å². The van der Waals surface area contributed by atoms with Gasteiger partial charge in [-0.25, -0.2) is 0 Å². The van der Waals surface area contributed by atoms with E-state index in [4.69, 9.17) is 17.0 Å². The SMILES string of the molecule is CCOc1c(Br)cc(C=C2SC(=S)N(CC)C2=O)cc1Br. The monoisotopic (exact) mass is 449 g/mol. The summed E-state index contributed by atoms with van der Waals surface area (Å²) in [5.41, 5.74) is 0.911. The molecule has 0 aliphatic carbocycles. The van der Waals surface area contributed by atoms with Gasteiger partial charge in [0.05, 0.1) is 20.5 Å². The van der Waals surface area contributed by atoms with Crippen LogP contribution >= 0.6 is 55.8 Å². The Morgan fingerprint density at radius 2 is 1.95 bits per heavy atom. The maximum Gasteiger partial charge on any atom is 0.266 e. The standard InChI is InChI=1S/C14H13Br2NO2S2/c1-3-17-13(18)11(21-14(17)20)7-8-5-9(15)12(19-4-2)10(16)6-8/h5-7H,3-4H2,1-2H3. The fraction of sp³-hybridized carbons (Fsp3) is 0.286. The van der Waals surface area contributed by atoms with Crippen LogP contribution in [0.4, 0.5) is 0 Å². The van der Waals surface area contributed by atoms with E-state index in [-0.39, 0.29) is 5.91 Å². The highest BCUT2D eigenvalue weighted by atomic mass is 79.9. The molecule has 0 atom stereocenters. The minimum Gasteiger partial charge on any atom is -0.492 e. The first-order chi connectivity index (χ1) is 9.97. The van der Waals surface area contributed by atoms with E-state index < -0.39 is 0 Å². The highest BCUT2D eigenvalue weighted by molar-refractivity contribution is 9.11. The summed E-state index contributed by atoms with van der Waals surface area (Å²) in [6.07, 6.45) is 1.85. The number of carbonyl (C=O) groups is 1. The van der Waals surface area contributed by atoms with Crippen LogP contribution in [0.2, 0.25) is 0 Å². The largest absolute Gasteiger partial charge is 0.492 e. The van der Waals surface area contributed by atoms with Crippen molar-refractivity contribution in [2.24, 2.45) is 0 Å². The zero-order valence-corrected chi connectivity index (χ0v) is 16.3. The van der Waals surface area contributed by atoms with E-state index in [2.05, 4.69) is 31.9 Å². The van der Waals surface area contributed by atoms with Gasteiger partial charge < -0.3 is 4.74 Å². The van der Waals surface area contributed by atoms with Crippen molar-refractivity contribution in [1.29, 1.82) is 0 Å². The molecule has 0 aromatic heterocycles. The van der Waals surface area contributed by atoms with Crippen LogP contribution in [-0.2, 0) is 4.79 Å². The summed E-state index contributed by atoms with van der Waals surface area (Å²) in [6, 6.07) is 3.85. The third-order valence-corrected chi connectivity index (χ3v) is 5.35. The summed E-state index contributed by atoms with van der Waals surface area (Å²) in [5, 5.41) is 0. The summed E-state index contributed by atoms with van der Waals surface area (Å²) < 4.78 is 7.85. The maximum atomic E-state index is 12.2. The molecule has 1 aliphatic rings. The highest BCUT2D eigenvalue weighted by Gasteiger charge is 2.30. The van der Waals surface area contributed by atoms with Crippen LogP contribution in [0.5, 0.6) is 5.75 Å². The van der Waals surface area contributed by atoms with Gasteiger partial charge in [-0.3, -0.25) is 9.69 Å². The lowest BCUT2D eigenvalue weighted by atomic mass is 10.2. The van der Waals surface area contributed by atoms with Crippen molar-refractivity contribution in [3.05, 3.63) is 31.5 Å². The van der Waals surface area contributed by atoms with E-state index >= 15 is 0 Å². The van der Waals surface area contributed by atoms with E-state index in [1.54, 1.807) is 4.90 Å². The molecule has 1 aromatic carbocycles. The smallest absolute Gasteiger partial charge is 0.266 e. The van der Waals surface area contributed by atoms with Gasteiger partial charge in [-0.05, 0) is 69.5 Å². The molecule has 7 heteroatoms. The summed E-state index contributed by atoms with van der Waals surface area (Å²) in [5.74, 6) is 0.726. The number of likely N-dealkylation sites (N-methyl/N-ethyl adjacent to an activating group) is 1. The van der Waals surface area contributed by atoms with Crippen molar-refractivity contribution in [3.8, 4) is 5.75 Å². The lowest BCUT2D eigenvalue weighted by molar-refractivity contribution is -0.121. The molecule has 0 saturated carbocycles. The van der Waals surface area contributed by atoms with Gasteiger partial charge >= 0.3 is 0 Å². The number of benzene rings is 1. The number of ether oxygens (including phenoxy) is 1. The molecule has 1 aromatic rings. The van der Waals surface area contributed by atoms with Crippen LogP contribution in [0.15, 0.2) is 26.0 Å². The van der Waals surface area contributed by atoms with Crippen molar-refractivity contribution in [2.75, 3.05) is 13.2 Å². The zero-order valence-electron chi connectivity index (χ0n) is 11.5. The normalized spacial score (nSPS) is 17.0. The number of hydrogen-bond donors (Lipinski definition) is 0. The highest BCUT2D eigenvalue weighted by Crippen LogP contribution is 2.37. The van der Waals surface area contributed by atoms with Crippen LogP contribution in [0, 0.1) is 0 Å². The van der Waals surface area contributed by atoms with Crippen LogP contribution in [0.1, 0.15) is 19.4 Å². The number of thioether (sulfide) groups is 1. The Labute approximate surface area is 150 Å². The molecule has 21 heavy (non-hydrogen) atoms. The minimum atomic E-state index is -0.0337. The maximum absolute atomic E-state index is 12.2. The molecule has 1 heterocycles. The Balaban J connectivity index is 2.34. The van der Waals surface area contributed by atoms with Crippen LogP contribution in [0.25, 0.3) is 6.08 Å². The third kappa shape index (κ3) is 3.70. The molecule has 0 unspecified atom stereocenters. The molecule has 0 N–H and O–H groups in total. The third-order valence-electron chi connectivity index (χ3n) is 2.80. The van der Waals surface area contributed by atoms with Crippen molar-refractivity contribution < 1.29 is 9.53 Å². The number of thiocarbonyl (C=S) groups is 1. The van der Waals surface area contributed by atoms with Gasteiger partial charge in [0.2, 0.25) is 0 Å². The predicted molar refractivity (Wildman–Crippen MR) is 98.6 cm³/mol. The van der Waals surface area contributed by atoms with E-state index in [1.165, 1.54) is 11.8 Å². The number of halogens is 2. The molecule has 1 saturated heterocycles. The Hall–Kier alpha value is -0.370. The van der Waals surface area contributed by atoms with Gasteiger partial charge in [0.25, 0.3) is 5.91 Å². The molecule has 3 nitrogen and oxygen atoms in total. The Morgan fingerprint density at radius 1 is 1.33 bits per heavy atom. The van der Waals surface area contributed by atoms with Gasteiger partial charge in [-0.2, -0.15) is 0 Å². The summed E-state index contributed by atoms with van der Waals surface area (Å²) >= 11 is 13.5. The average Bonchev–Trinajstić information content (AvgIpc) is 2.68. The number of hydrogen-bond acceptors (Lipinski definition) is 4. The van der Waals surface area contributed by atoms with Gasteiger partial charge in [0.1, 0.15) is 10.1 Å². The second kappa shape index (κ2) is 7.26. The summed E-state index contributed by atoms with van der Waals surface area (Å²) in [7, 11) is 0. The van der Waals surface area contributed by atoms with Crippen molar-refractivity contribution in [3.63, 3.8) is 0 Å². The van der Waals surface area contributed by atoms with Gasteiger partial charge in [-0.15, -0.1) is 0 Å². The first-order valence-corrected chi connectivity index (χ1v) is 9.16. The summed E-state index contributed by atoms with van der Waals surface area (Å²) in [6.45, 7) is 5.03. The molecular formula is C14H13Br2NO2S2. The fourth-order valence-electron chi connectivity index (χ4n) is 1.87. The van der Waals surface area contributed by atoms with E-state index in [9.17, 15) is 4.79 Å². The van der Waals surface area contributed by atoms with E-state index in [1.807, 2.05) is 32.1 Å². The molecule has 0 spiro atoms. The first-order valence-electron chi connectivity index (χ1n) is 6.35. The number of amides is 1. The van der Waals surface area contributed by atoms with Gasteiger partial charge in [0.15, 0.2) is 0 Å². The summed E-state index contributed by atoms with van der Waals surface area (Å²) in [4.78, 5) is 14.4. The van der Waals surface area contributed by atoms with Crippen molar-refractivity contribution in [2.45, 2.75) is 13.8 Å². The Kier molecular flexibility index (Phi) is 5.88. The zero-order chi connectivity index (χ0) is 15.6. The number of nitrogens with zero attached hydrogens (tertiary/aromatic N) is 1. The molecular weight excluding hydrogens is 438 g/mol. The molecule has 1 amide bonds. The number of carbonyl (C=O) groups excluding carboxylic acids is 1. The Morgan fingerprint density at radius 3 is 2.43 bits per heavy atom. The van der Waals surface area contributed by atoms with E-state index in [0.717, 1.165) is 20.3 Å². The quantitative estimate of drug-likeness (QED) is 0.485. The lowest BCUT2D eigenvalue weighted by Gasteiger charge is -2.10. The average molecular weight is 451 g/mol. The molecule has 1 aliphatic heterocycles. The first kappa shape index (κ1) is 17.0. The lowest BCUT2D eigenvalue weighted by Crippen LogP contribution is -2.27. The molecule has 112 valence electrons. The molecule has 2 rings (SSSR count). The van der Waals surface area contributed by atoms with Crippen LogP contribution in [0.3, 0.4) is 0 Å². The van der Waals surface area contributed by atoms with Crippen LogP contribution in [-0.4, -0.2) is 28.3 Å². The molecule has 0 bridgehead atoms. The Bertz CT molecular complexity index is 608. The molecule has 0 radical (unpaired) electrons. The van der Waals surface area contributed by atoms with E-state index in [0.29, 0.717) is 22.4 Å². The second-order valence-electron chi connectivity index (χ2n) is 4.17. The fourth-order valence-corrected chi connectivity index (χ4v) is 4.70. The van der Waals surface area contributed by atoms with Gasteiger partial charge in [0, 0.05) is 6.54 Å². The minimum absolute atomic E-state index is 0.0337. The second-order valence-corrected chi connectivity index (χ2v) is 7.56. The number of rotatable bonds is 4. The van der Waals surface area contributed by atoms with Gasteiger partial charge in [-0.1, -0.05) is 24.0 Å². The van der Waals surface area contributed by atoms with Crippen LogP contribution < -0.4 is 4.74 Å². The topological polar surface area (TPSA) is 29.5 Å².